The Morgan fingerprint density at radius 1 is 1.13 bits per heavy atom. The molecule has 1 atom stereocenters. The minimum atomic E-state index is -0.626. The number of hydrogen-bond donors (Lipinski definition) is 3. The molecule has 2 amide bonds. The molecule has 0 heterocycles. The molecule has 0 fully saturated rings. The smallest absolute Gasteiger partial charge is 0.251 e. The first-order chi connectivity index (χ1) is 10.5. The number of likely N-dealkylation sites (N-methyl/N-ethyl adjacent to an activating group) is 1. The van der Waals surface area contributed by atoms with Crippen molar-refractivity contribution in [2.45, 2.75) is 26.8 Å². The van der Waals surface area contributed by atoms with Crippen LogP contribution in [-0.4, -0.2) is 37.5 Å². The van der Waals surface area contributed by atoms with Gasteiger partial charge in [-0.05, 0) is 36.7 Å². The molecule has 3 N–H and O–H groups in total. The van der Waals surface area contributed by atoms with E-state index < -0.39 is 11.9 Å². The Morgan fingerprint density at radius 3 is 2.26 bits per heavy atom. The largest absolute Gasteiger partial charge is 0.353 e. The molecule has 23 heavy (non-hydrogen) atoms. The van der Waals surface area contributed by atoms with Crippen molar-refractivity contribution in [1.29, 1.82) is 0 Å². The van der Waals surface area contributed by atoms with Crippen LogP contribution >= 0.6 is 12.4 Å². The number of carbonyl (C=O) groups is 2. The van der Waals surface area contributed by atoms with Crippen LogP contribution in [0.25, 0.3) is 0 Å². The summed E-state index contributed by atoms with van der Waals surface area (Å²) in [6, 6.07) is 4.60. The third kappa shape index (κ3) is 7.43. The minimum absolute atomic E-state index is 0. The first-order valence-electron chi connectivity index (χ1n) is 7.50. The second kappa shape index (κ2) is 11.0. The molecule has 0 saturated heterocycles. The highest BCUT2D eigenvalue weighted by molar-refractivity contribution is 5.97. The molecule has 1 aromatic rings. The standard InChI is InChI=1S/C16H24FN3O2.ClH/c1-4-18-9-10-19-16(22)14(11(2)3)20-15(21)12-5-7-13(17)8-6-12;/h5-8,11,14,18H,4,9-10H2,1-3H3,(H,19,22)(H,20,21);1H. The summed E-state index contributed by atoms with van der Waals surface area (Å²) in [7, 11) is 0. The van der Waals surface area contributed by atoms with E-state index in [4.69, 9.17) is 0 Å². The fourth-order valence-corrected chi connectivity index (χ4v) is 1.92. The first-order valence-corrected chi connectivity index (χ1v) is 7.50. The summed E-state index contributed by atoms with van der Waals surface area (Å²) in [5, 5.41) is 8.59. The van der Waals surface area contributed by atoms with Gasteiger partial charge in [0.15, 0.2) is 0 Å². The molecular formula is C16H25ClFN3O2. The molecule has 0 aliphatic carbocycles. The molecule has 5 nitrogen and oxygen atoms in total. The SMILES string of the molecule is CCNCCNC(=O)C(NC(=O)c1ccc(F)cc1)C(C)C.Cl. The van der Waals surface area contributed by atoms with E-state index in [-0.39, 0.29) is 30.1 Å². The van der Waals surface area contributed by atoms with Gasteiger partial charge in [-0.15, -0.1) is 12.4 Å². The van der Waals surface area contributed by atoms with Crippen LogP contribution < -0.4 is 16.0 Å². The minimum Gasteiger partial charge on any atom is -0.353 e. The maximum atomic E-state index is 12.9. The topological polar surface area (TPSA) is 70.2 Å². The van der Waals surface area contributed by atoms with Crippen molar-refractivity contribution < 1.29 is 14.0 Å². The van der Waals surface area contributed by atoms with E-state index in [9.17, 15) is 14.0 Å². The fourth-order valence-electron chi connectivity index (χ4n) is 1.92. The Morgan fingerprint density at radius 2 is 1.74 bits per heavy atom. The van der Waals surface area contributed by atoms with Gasteiger partial charge in [0, 0.05) is 18.7 Å². The lowest BCUT2D eigenvalue weighted by Gasteiger charge is -2.21. The Balaban J connectivity index is 0.00000484. The van der Waals surface area contributed by atoms with Crippen molar-refractivity contribution >= 4 is 24.2 Å². The van der Waals surface area contributed by atoms with E-state index >= 15 is 0 Å². The van der Waals surface area contributed by atoms with Gasteiger partial charge in [-0.3, -0.25) is 9.59 Å². The highest BCUT2D eigenvalue weighted by atomic mass is 35.5. The highest BCUT2D eigenvalue weighted by Gasteiger charge is 2.24. The van der Waals surface area contributed by atoms with Crippen molar-refractivity contribution in [3.8, 4) is 0 Å². The van der Waals surface area contributed by atoms with Crippen molar-refractivity contribution in [2.24, 2.45) is 5.92 Å². The van der Waals surface area contributed by atoms with Gasteiger partial charge < -0.3 is 16.0 Å². The average Bonchev–Trinajstić information content (AvgIpc) is 2.49. The highest BCUT2D eigenvalue weighted by Crippen LogP contribution is 2.06. The second-order valence-corrected chi connectivity index (χ2v) is 5.35. The van der Waals surface area contributed by atoms with E-state index in [1.165, 1.54) is 24.3 Å². The predicted molar refractivity (Wildman–Crippen MR) is 91.3 cm³/mol. The molecule has 0 aliphatic heterocycles. The molecule has 0 aliphatic rings. The Bertz CT molecular complexity index is 495. The zero-order chi connectivity index (χ0) is 16.5. The molecule has 1 rings (SSSR count). The molecule has 1 aromatic carbocycles. The zero-order valence-corrected chi connectivity index (χ0v) is 14.5. The Kier molecular flexibility index (Phi) is 10.2. The summed E-state index contributed by atoms with van der Waals surface area (Å²) in [5.74, 6) is -1.06. The summed E-state index contributed by atoms with van der Waals surface area (Å²) in [4.78, 5) is 24.3. The van der Waals surface area contributed by atoms with E-state index in [1.807, 2.05) is 20.8 Å². The summed E-state index contributed by atoms with van der Waals surface area (Å²) in [6.07, 6.45) is 0. The van der Waals surface area contributed by atoms with Crippen LogP contribution in [0.1, 0.15) is 31.1 Å². The quantitative estimate of drug-likeness (QED) is 0.628. The van der Waals surface area contributed by atoms with E-state index in [1.54, 1.807) is 0 Å². The lowest BCUT2D eigenvalue weighted by atomic mass is 10.0. The third-order valence-electron chi connectivity index (χ3n) is 3.19. The van der Waals surface area contributed by atoms with E-state index in [2.05, 4.69) is 16.0 Å². The van der Waals surface area contributed by atoms with Crippen LogP contribution in [0.5, 0.6) is 0 Å². The van der Waals surface area contributed by atoms with Crippen LogP contribution in [0.4, 0.5) is 4.39 Å². The summed E-state index contributed by atoms with van der Waals surface area (Å²) in [5.41, 5.74) is 0.326. The van der Waals surface area contributed by atoms with E-state index in [0.717, 1.165) is 6.54 Å². The number of benzene rings is 1. The van der Waals surface area contributed by atoms with Gasteiger partial charge >= 0.3 is 0 Å². The van der Waals surface area contributed by atoms with E-state index in [0.29, 0.717) is 18.7 Å². The summed E-state index contributed by atoms with van der Waals surface area (Å²) in [6.45, 7) is 7.73. The van der Waals surface area contributed by atoms with Gasteiger partial charge in [0.2, 0.25) is 5.91 Å². The van der Waals surface area contributed by atoms with Crippen LogP contribution in [0.2, 0.25) is 0 Å². The summed E-state index contributed by atoms with van der Waals surface area (Å²) >= 11 is 0. The Hall–Kier alpha value is -1.66. The zero-order valence-electron chi connectivity index (χ0n) is 13.7. The van der Waals surface area contributed by atoms with Crippen LogP contribution in [0.15, 0.2) is 24.3 Å². The van der Waals surface area contributed by atoms with Crippen molar-refractivity contribution in [3.63, 3.8) is 0 Å². The monoisotopic (exact) mass is 345 g/mol. The number of nitrogens with one attached hydrogen (secondary N) is 3. The van der Waals surface area contributed by atoms with Crippen molar-refractivity contribution in [2.75, 3.05) is 19.6 Å². The number of rotatable bonds is 8. The van der Waals surface area contributed by atoms with Crippen molar-refractivity contribution in [1.82, 2.24) is 16.0 Å². The third-order valence-corrected chi connectivity index (χ3v) is 3.19. The van der Waals surface area contributed by atoms with Gasteiger partial charge in [0.05, 0.1) is 0 Å². The number of carbonyl (C=O) groups excluding carboxylic acids is 2. The van der Waals surface area contributed by atoms with Gasteiger partial charge in [-0.1, -0.05) is 20.8 Å². The molecule has 0 aromatic heterocycles. The summed E-state index contributed by atoms with van der Waals surface area (Å²) < 4.78 is 12.9. The molecule has 1 unspecified atom stereocenters. The second-order valence-electron chi connectivity index (χ2n) is 5.35. The molecule has 0 saturated carbocycles. The molecular weight excluding hydrogens is 321 g/mol. The lowest BCUT2D eigenvalue weighted by Crippen LogP contribution is -2.50. The maximum absolute atomic E-state index is 12.9. The molecule has 0 radical (unpaired) electrons. The predicted octanol–water partition coefficient (Wildman–Crippen LogP) is 1.73. The van der Waals surface area contributed by atoms with Gasteiger partial charge in [-0.25, -0.2) is 4.39 Å². The van der Waals surface area contributed by atoms with Crippen LogP contribution in [-0.2, 0) is 4.79 Å². The van der Waals surface area contributed by atoms with Crippen molar-refractivity contribution in [3.05, 3.63) is 35.6 Å². The fraction of sp³-hybridized carbons (Fsp3) is 0.500. The average molecular weight is 346 g/mol. The maximum Gasteiger partial charge on any atom is 0.251 e. The van der Waals surface area contributed by atoms with Gasteiger partial charge in [0.1, 0.15) is 11.9 Å². The number of hydrogen-bond acceptors (Lipinski definition) is 3. The Labute approximate surface area is 142 Å². The number of amides is 2. The molecule has 7 heteroatoms. The number of halogens is 2. The molecule has 130 valence electrons. The molecule has 0 spiro atoms. The van der Waals surface area contributed by atoms with Crippen LogP contribution in [0, 0.1) is 11.7 Å². The first kappa shape index (κ1) is 21.3. The normalized spacial score (nSPS) is 11.5. The van der Waals surface area contributed by atoms with Gasteiger partial charge in [-0.2, -0.15) is 0 Å². The molecule has 0 bridgehead atoms. The van der Waals surface area contributed by atoms with Crippen LogP contribution in [0.3, 0.4) is 0 Å². The lowest BCUT2D eigenvalue weighted by molar-refractivity contribution is -0.123. The van der Waals surface area contributed by atoms with Gasteiger partial charge in [0.25, 0.3) is 5.91 Å².